The van der Waals surface area contributed by atoms with Gasteiger partial charge in [0.05, 0.1) is 0 Å². The van der Waals surface area contributed by atoms with Crippen molar-refractivity contribution >= 4 is 17.2 Å². The van der Waals surface area contributed by atoms with E-state index in [0.717, 1.165) is 0 Å². The molecule has 0 atom stereocenters. The summed E-state index contributed by atoms with van der Waals surface area (Å²) < 4.78 is 0. The van der Waals surface area contributed by atoms with E-state index in [1.807, 2.05) is 0 Å². The van der Waals surface area contributed by atoms with E-state index in [-0.39, 0.29) is 0 Å². The van der Waals surface area contributed by atoms with E-state index in [0.29, 0.717) is 0 Å². The van der Waals surface area contributed by atoms with Gasteiger partial charge in [-0.2, -0.15) is 0 Å². The fourth-order valence-electron chi connectivity index (χ4n) is 3.62. The molecule has 0 nitrogen and oxygen atoms in total. The molecule has 3 aliphatic rings. The maximum Gasteiger partial charge on any atom is -0.0114 e. The van der Waals surface area contributed by atoms with E-state index in [4.69, 9.17) is 0 Å². The first-order chi connectivity index (χ1) is 7.93. The van der Waals surface area contributed by atoms with Gasteiger partial charge in [0.2, 0.25) is 0 Å². The summed E-state index contributed by atoms with van der Waals surface area (Å²) in [6, 6.07) is 4.70. The average Bonchev–Trinajstić information content (AvgIpc) is 2.36. The van der Waals surface area contributed by atoms with E-state index >= 15 is 0 Å². The van der Waals surface area contributed by atoms with Gasteiger partial charge < -0.3 is 0 Å². The molecule has 1 aromatic carbocycles. The van der Waals surface area contributed by atoms with E-state index in [1.54, 1.807) is 27.1 Å². The molecule has 1 aromatic rings. The molecule has 0 amide bonds. The Morgan fingerprint density at radius 1 is 0.812 bits per heavy atom. The van der Waals surface area contributed by atoms with Crippen molar-refractivity contribution < 1.29 is 0 Å². The minimum Gasteiger partial charge on any atom is -0.0798 e. The normalized spacial score (nSPS) is 21.0. The third-order valence-electron chi connectivity index (χ3n) is 4.35. The van der Waals surface area contributed by atoms with Crippen LogP contribution in [0.4, 0.5) is 0 Å². The molecule has 16 heavy (non-hydrogen) atoms. The fourth-order valence-corrected chi connectivity index (χ4v) is 3.62. The lowest BCUT2D eigenvalue weighted by molar-refractivity contribution is 0.779. The zero-order valence-corrected chi connectivity index (χ0v) is 9.55. The summed E-state index contributed by atoms with van der Waals surface area (Å²) in [5.74, 6) is 0. The third kappa shape index (κ3) is 1.05. The zero-order valence-electron chi connectivity index (χ0n) is 9.55. The van der Waals surface area contributed by atoms with Gasteiger partial charge in [-0.15, -0.1) is 0 Å². The van der Waals surface area contributed by atoms with E-state index in [1.165, 1.54) is 44.1 Å². The smallest absolute Gasteiger partial charge is 0.0114 e. The summed E-state index contributed by atoms with van der Waals surface area (Å²) in [6.07, 6.45) is 12.5. The van der Waals surface area contributed by atoms with Crippen LogP contribution in [0.25, 0.3) is 17.2 Å². The highest BCUT2D eigenvalue weighted by Crippen LogP contribution is 2.27. The Labute approximate surface area is 96.0 Å². The molecule has 0 unspecified atom stereocenters. The molecule has 4 rings (SSSR count). The topological polar surface area (TPSA) is 0 Å². The minimum atomic E-state index is 1.19. The first-order valence-electron chi connectivity index (χ1n) is 6.46. The van der Waals surface area contributed by atoms with Gasteiger partial charge in [-0.1, -0.05) is 35.4 Å². The molecule has 0 heteroatoms. The summed E-state index contributed by atoms with van der Waals surface area (Å²) in [7, 11) is 0. The van der Waals surface area contributed by atoms with Gasteiger partial charge in [-0.3, -0.25) is 0 Å². The van der Waals surface area contributed by atoms with Crippen molar-refractivity contribution in [2.75, 3.05) is 0 Å². The minimum absolute atomic E-state index is 1.19. The van der Waals surface area contributed by atoms with Crippen LogP contribution in [0.5, 0.6) is 0 Å². The van der Waals surface area contributed by atoms with Gasteiger partial charge in [0, 0.05) is 0 Å². The van der Waals surface area contributed by atoms with Crippen LogP contribution in [0.15, 0.2) is 18.2 Å². The number of hydrogen-bond acceptors (Lipinski definition) is 0. The van der Waals surface area contributed by atoms with Gasteiger partial charge in [0.1, 0.15) is 0 Å². The standard InChI is InChI=1S/C16H16/c1-3-11-7-9-13-5-2-6-14-10-8-12(4-1)15(11)16(13)14/h1,3,7,9H,2,4-6,8,10H2. The van der Waals surface area contributed by atoms with Crippen LogP contribution in [0.3, 0.4) is 0 Å². The van der Waals surface area contributed by atoms with Crippen molar-refractivity contribution in [2.45, 2.75) is 38.5 Å². The predicted octanol–water partition coefficient (Wildman–Crippen LogP) is 2.54. The van der Waals surface area contributed by atoms with Gasteiger partial charge in [-0.05, 0) is 60.1 Å². The predicted molar refractivity (Wildman–Crippen MR) is 68.3 cm³/mol. The lowest BCUT2D eigenvalue weighted by Crippen LogP contribution is -2.39. The highest BCUT2D eigenvalue weighted by Gasteiger charge is 2.19. The second-order valence-corrected chi connectivity index (χ2v) is 5.23. The van der Waals surface area contributed by atoms with E-state index in [2.05, 4.69) is 24.3 Å². The van der Waals surface area contributed by atoms with E-state index < -0.39 is 0 Å². The lowest BCUT2D eigenvalue weighted by Gasteiger charge is -2.24. The Hall–Kier alpha value is -1.30. The van der Waals surface area contributed by atoms with Gasteiger partial charge in [0.25, 0.3) is 0 Å². The van der Waals surface area contributed by atoms with Crippen LogP contribution in [-0.2, 0) is 6.42 Å². The number of benzene rings is 1. The molecular weight excluding hydrogens is 192 g/mol. The molecule has 0 bridgehead atoms. The maximum absolute atomic E-state index is 2.37. The maximum atomic E-state index is 2.37. The fraction of sp³-hybridized carbons (Fsp3) is 0.375. The summed E-state index contributed by atoms with van der Waals surface area (Å²) in [5.41, 5.74) is 6.53. The summed E-state index contributed by atoms with van der Waals surface area (Å²) in [5, 5.41) is 3.29. The monoisotopic (exact) mass is 208 g/mol. The number of allylic oxidation sites excluding steroid dienone is 1. The van der Waals surface area contributed by atoms with Gasteiger partial charge in [0.15, 0.2) is 0 Å². The quantitative estimate of drug-likeness (QED) is 0.614. The number of hydrogen-bond donors (Lipinski definition) is 0. The second kappa shape index (κ2) is 3.10. The lowest BCUT2D eigenvalue weighted by atomic mass is 9.80. The molecule has 3 aliphatic carbocycles. The molecule has 0 radical (unpaired) electrons. The van der Waals surface area contributed by atoms with Crippen LogP contribution in [-0.4, -0.2) is 0 Å². The van der Waals surface area contributed by atoms with Crippen LogP contribution in [0.2, 0.25) is 0 Å². The average molecular weight is 208 g/mol. The molecule has 0 fully saturated rings. The number of rotatable bonds is 0. The molecule has 0 spiro atoms. The number of aryl methyl sites for hydroxylation is 1. The molecule has 0 saturated heterocycles. The van der Waals surface area contributed by atoms with Crippen molar-refractivity contribution in [1.82, 2.24) is 0 Å². The van der Waals surface area contributed by atoms with Crippen LogP contribution >= 0.6 is 0 Å². The largest absolute Gasteiger partial charge is 0.0798 e. The molecule has 0 N–H and O–H groups in total. The molecule has 0 heterocycles. The molecule has 0 saturated carbocycles. The van der Waals surface area contributed by atoms with Crippen LogP contribution < -0.4 is 10.4 Å². The van der Waals surface area contributed by atoms with Crippen molar-refractivity contribution in [1.29, 1.82) is 0 Å². The Bertz CT molecular complexity index is 614. The summed E-state index contributed by atoms with van der Waals surface area (Å²) >= 11 is 0. The molecule has 0 aromatic heterocycles. The highest BCUT2D eigenvalue weighted by atomic mass is 14.2. The van der Waals surface area contributed by atoms with Crippen molar-refractivity contribution in [2.24, 2.45) is 0 Å². The Kier molecular flexibility index (Phi) is 1.71. The van der Waals surface area contributed by atoms with Crippen molar-refractivity contribution in [3.05, 3.63) is 39.8 Å². The second-order valence-electron chi connectivity index (χ2n) is 5.23. The first-order valence-corrected chi connectivity index (χ1v) is 6.46. The summed E-state index contributed by atoms with van der Waals surface area (Å²) in [6.45, 7) is 0. The highest BCUT2D eigenvalue weighted by molar-refractivity contribution is 5.70. The molecule has 80 valence electrons. The van der Waals surface area contributed by atoms with Crippen molar-refractivity contribution in [3.63, 3.8) is 0 Å². The van der Waals surface area contributed by atoms with Gasteiger partial charge in [-0.25, -0.2) is 0 Å². The Morgan fingerprint density at radius 3 is 2.75 bits per heavy atom. The van der Waals surface area contributed by atoms with Crippen LogP contribution in [0.1, 0.15) is 43.2 Å². The Balaban J connectivity index is 2.26. The van der Waals surface area contributed by atoms with Crippen molar-refractivity contribution in [3.8, 4) is 0 Å². The Morgan fingerprint density at radius 2 is 1.75 bits per heavy atom. The van der Waals surface area contributed by atoms with Crippen LogP contribution in [0, 0.1) is 0 Å². The molecular formula is C16H16. The SMILES string of the molecule is C1=Cc2ccc3c4c2=C(C1)CCC=4CCC3. The first kappa shape index (κ1) is 8.81. The molecule has 0 aliphatic heterocycles. The summed E-state index contributed by atoms with van der Waals surface area (Å²) in [4.78, 5) is 0. The zero-order chi connectivity index (χ0) is 10.5. The van der Waals surface area contributed by atoms with Gasteiger partial charge >= 0.3 is 0 Å². The van der Waals surface area contributed by atoms with E-state index in [9.17, 15) is 0 Å². The third-order valence-corrected chi connectivity index (χ3v) is 4.35.